The first-order valence-corrected chi connectivity index (χ1v) is 8.05. The van der Waals surface area contributed by atoms with Gasteiger partial charge in [0.2, 0.25) is 0 Å². The number of nitrogens with zero attached hydrogens (tertiary/aromatic N) is 2. The molecule has 0 spiro atoms. The molecule has 0 fully saturated rings. The molecule has 2 aromatic carbocycles. The first-order chi connectivity index (χ1) is 11.1. The van der Waals surface area contributed by atoms with Gasteiger partial charge in [-0.3, -0.25) is 4.79 Å². The van der Waals surface area contributed by atoms with E-state index >= 15 is 0 Å². The largest absolute Gasteiger partial charge is 0.307 e. The summed E-state index contributed by atoms with van der Waals surface area (Å²) in [5.74, 6) is 0.530. The van der Waals surface area contributed by atoms with Crippen molar-refractivity contribution in [1.82, 2.24) is 9.78 Å². The molecule has 1 amide bonds. The highest BCUT2D eigenvalue weighted by Gasteiger charge is 2.10. The van der Waals surface area contributed by atoms with E-state index in [0.29, 0.717) is 17.9 Å². The lowest BCUT2D eigenvalue weighted by Crippen LogP contribution is -2.16. The van der Waals surface area contributed by atoms with Crippen molar-refractivity contribution >= 4 is 27.7 Å². The highest BCUT2D eigenvalue weighted by atomic mass is 79.9. The van der Waals surface area contributed by atoms with Gasteiger partial charge in [-0.15, -0.1) is 0 Å². The number of hydrogen-bond acceptors (Lipinski definition) is 2. The maximum absolute atomic E-state index is 12.3. The third-order valence-electron chi connectivity index (χ3n) is 3.48. The van der Waals surface area contributed by atoms with Gasteiger partial charge in [0.25, 0.3) is 5.91 Å². The SMILES string of the molecule is Cc1cccc(Cn2nccc2NC(=O)c2ccc(Br)cc2)c1. The highest BCUT2D eigenvalue weighted by Crippen LogP contribution is 2.15. The molecule has 0 aliphatic heterocycles. The molecule has 1 heterocycles. The van der Waals surface area contributed by atoms with Crippen molar-refractivity contribution in [1.29, 1.82) is 0 Å². The third-order valence-corrected chi connectivity index (χ3v) is 4.01. The Balaban J connectivity index is 1.75. The lowest BCUT2D eigenvalue weighted by Gasteiger charge is -2.10. The minimum atomic E-state index is -0.150. The number of carbonyl (C=O) groups is 1. The van der Waals surface area contributed by atoms with Crippen molar-refractivity contribution in [2.75, 3.05) is 5.32 Å². The van der Waals surface area contributed by atoms with E-state index in [0.717, 1.165) is 10.0 Å². The summed E-state index contributed by atoms with van der Waals surface area (Å²) in [6, 6.07) is 17.3. The maximum atomic E-state index is 12.3. The predicted octanol–water partition coefficient (Wildman–Crippen LogP) is 4.25. The van der Waals surface area contributed by atoms with E-state index in [2.05, 4.69) is 51.5 Å². The van der Waals surface area contributed by atoms with Crippen molar-refractivity contribution in [3.63, 3.8) is 0 Å². The molecule has 0 saturated heterocycles. The minimum absolute atomic E-state index is 0.150. The molecule has 23 heavy (non-hydrogen) atoms. The van der Waals surface area contributed by atoms with Gasteiger partial charge < -0.3 is 5.32 Å². The lowest BCUT2D eigenvalue weighted by atomic mass is 10.1. The Morgan fingerprint density at radius 2 is 1.96 bits per heavy atom. The quantitative estimate of drug-likeness (QED) is 0.746. The van der Waals surface area contributed by atoms with E-state index in [1.54, 1.807) is 29.1 Å². The van der Waals surface area contributed by atoms with Crippen LogP contribution in [-0.2, 0) is 6.54 Å². The summed E-state index contributed by atoms with van der Waals surface area (Å²) < 4.78 is 2.73. The highest BCUT2D eigenvalue weighted by molar-refractivity contribution is 9.10. The predicted molar refractivity (Wildman–Crippen MR) is 94.6 cm³/mol. The number of halogens is 1. The maximum Gasteiger partial charge on any atom is 0.256 e. The van der Waals surface area contributed by atoms with E-state index in [4.69, 9.17) is 0 Å². The van der Waals surface area contributed by atoms with E-state index in [-0.39, 0.29) is 5.91 Å². The van der Waals surface area contributed by atoms with E-state index in [1.807, 2.05) is 18.2 Å². The van der Waals surface area contributed by atoms with Crippen LogP contribution < -0.4 is 5.32 Å². The molecule has 1 aromatic heterocycles. The van der Waals surface area contributed by atoms with Crippen LogP contribution in [0.3, 0.4) is 0 Å². The lowest BCUT2D eigenvalue weighted by molar-refractivity contribution is 0.102. The summed E-state index contributed by atoms with van der Waals surface area (Å²) in [6.45, 7) is 2.67. The second-order valence-electron chi connectivity index (χ2n) is 5.32. The van der Waals surface area contributed by atoms with Gasteiger partial charge in [0, 0.05) is 16.1 Å². The zero-order valence-corrected chi connectivity index (χ0v) is 14.2. The van der Waals surface area contributed by atoms with Gasteiger partial charge in [-0.2, -0.15) is 5.10 Å². The molecule has 0 aliphatic carbocycles. The van der Waals surface area contributed by atoms with Crippen molar-refractivity contribution in [3.8, 4) is 0 Å². The van der Waals surface area contributed by atoms with Crippen molar-refractivity contribution < 1.29 is 4.79 Å². The van der Waals surface area contributed by atoms with Crippen LogP contribution in [0.4, 0.5) is 5.82 Å². The number of carbonyl (C=O) groups excluding carboxylic acids is 1. The smallest absolute Gasteiger partial charge is 0.256 e. The zero-order valence-electron chi connectivity index (χ0n) is 12.7. The Bertz CT molecular complexity index is 824. The molecule has 4 nitrogen and oxygen atoms in total. The molecule has 0 unspecified atom stereocenters. The van der Waals surface area contributed by atoms with Crippen LogP contribution in [0.2, 0.25) is 0 Å². The number of rotatable bonds is 4. The molecule has 0 saturated carbocycles. The van der Waals surface area contributed by atoms with Crippen LogP contribution in [-0.4, -0.2) is 15.7 Å². The van der Waals surface area contributed by atoms with Gasteiger partial charge in [-0.05, 0) is 36.8 Å². The van der Waals surface area contributed by atoms with Crippen LogP contribution in [0.15, 0.2) is 65.3 Å². The molecule has 3 aromatic rings. The molecule has 0 radical (unpaired) electrons. The minimum Gasteiger partial charge on any atom is -0.307 e. The summed E-state index contributed by atoms with van der Waals surface area (Å²) in [7, 11) is 0. The second kappa shape index (κ2) is 6.79. The third kappa shape index (κ3) is 3.87. The fourth-order valence-electron chi connectivity index (χ4n) is 2.34. The van der Waals surface area contributed by atoms with Gasteiger partial charge in [-0.1, -0.05) is 45.8 Å². The second-order valence-corrected chi connectivity index (χ2v) is 6.24. The monoisotopic (exact) mass is 369 g/mol. The van der Waals surface area contributed by atoms with Crippen LogP contribution in [0, 0.1) is 6.92 Å². The first-order valence-electron chi connectivity index (χ1n) is 7.26. The standard InChI is InChI=1S/C18H16BrN3O/c1-13-3-2-4-14(11-13)12-22-17(9-10-20-22)21-18(23)15-5-7-16(19)8-6-15/h2-11H,12H2,1H3,(H,21,23). The van der Waals surface area contributed by atoms with E-state index in [9.17, 15) is 4.79 Å². The van der Waals surface area contributed by atoms with Crippen molar-refractivity contribution in [3.05, 3.63) is 82.0 Å². The Kier molecular flexibility index (Phi) is 4.57. The van der Waals surface area contributed by atoms with Crippen LogP contribution in [0.5, 0.6) is 0 Å². The molecular formula is C18H16BrN3O. The normalized spacial score (nSPS) is 10.5. The number of nitrogens with one attached hydrogen (secondary N) is 1. The Hall–Kier alpha value is -2.40. The van der Waals surface area contributed by atoms with Gasteiger partial charge in [0.15, 0.2) is 0 Å². The number of amides is 1. The average Bonchev–Trinajstić information content (AvgIpc) is 2.95. The topological polar surface area (TPSA) is 46.9 Å². The summed E-state index contributed by atoms with van der Waals surface area (Å²) in [5, 5.41) is 7.20. The average molecular weight is 370 g/mol. The van der Waals surface area contributed by atoms with Crippen molar-refractivity contribution in [2.24, 2.45) is 0 Å². The number of anilines is 1. The zero-order chi connectivity index (χ0) is 16.2. The number of aromatic nitrogens is 2. The Morgan fingerprint density at radius 1 is 1.17 bits per heavy atom. The van der Waals surface area contributed by atoms with Gasteiger partial charge in [0.1, 0.15) is 5.82 Å². The first kappa shape index (κ1) is 15.5. The molecule has 5 heteroatoms. The summed E-state index contributed by atoms with van der Waals surface area (Å²) in [5.41, 5.74) is 2.96. The molecule has 0 atom stereocenters. The van der Waals surface area contributed by atoms with Gasteiger partial charge >= 0.3 is 0 Å². The molecular weight excluding hydrogens is 354 g/mol. The summed E-state index contributed by atoms with van der Waals surface area (Å²) in [4.78, 5) is 12.3. The number of benzene rings is 2. The fraction of sp³-hybridized carbons (Fsp3) is 0.111. The van der Waals surface area contributed by atoms with Crippen LogP contribution in [0.25, 0.3) is 0 Å². The molecule has 1 N–H and O–H groups in total. The van der Waals surface area contributed by atoms with E-state index < -0.39 is 0 Å². The molecule has 116 valence electrons. The van der Waals surface area contributed by atoms with Gasteiger partial charge in [0.05, 0.1) is 12.7 Å². The van der Waals surface area contributed by atoms with Crippen LogP contribution in [0.1, 0.15) is 21.5 Å². The molecule has 0 aliphatic rings. The summed E-state index contributed by atoms with van der Waals surface area (Å²) >= 11 is 3.36. The molecule has 3 rings (SSSR count). The van der Waals surface area contributed by atoms with Gasteiger partial charge in [-0.25, -0.2) is 4.68 Å². The van der Waals surface area contributed by atoms with E-state index in [1.165, 1.54) is 5.56 Å². The summed E-state index contributed by atoms with van der Waals surface area (Å²) in [6.07, 6.45) is 1.69. The fourth-order valence-corrected chi connectivity index (χ4v) is 2.60. The number of hydrogen-bond donors (Lipinski definition) is 1. The van der Waals surface area contributed by atoms with Crippen LogP contribution >= 0.6 is 15.9 Å². The number of aryl methyl sites for hydroxylation is 1. The Morgan fingerprint density at radius 3 is 2.70 bits per heavy atom. The Labute approximate surface area is 143 Å². The van der Waals surface area contributed by atoms with Crippen molar-refractivity contribution in [2.45, 2.75) is 13.5 Å². The molecule has 0 bridgehead atoms.